The Bertz CT molecular complexity index is 551. The van der Waals surface area contributed by atoms with Gasteiger partial charge in [0.05, 0.1) is 12.5 Å². The van der Waals surface area contributed by atoms with Gasteiger partial charge in [0, 0.05) is 6.42 Å². The highest BCUT2D eigenvalue weighted by Gasteiger charge is 2.90. The van der Waals surface area contributed by atoms with E-state index in [9.17, 15) is 61.9 Å². The van der Waals surface area contributed by atoms with E-state index in [1.54, 1.807) is 0 Å². The molecule has 0 saturated carbocycles. The number of hydrogen-bond donors (Lipinski definition) is 0. The van der Waals surface area contributed by atoms with Gasteiger partial charge in [0.2, 0.25) is 0 Å². The lowest BCUT2D eigenvalue weighted by Gasteiger charge is -2.40. The standard InChI is InChI=1S/C11H7F13O2/c12-6(13,3-4-1-2-26-5(4)25)7(14,15)8(16,17)9(18,19)10(20,21)11(22,23)24/h4H,1-3H2. The smallest absolute Gasteiger partial charge is 0.460 e. The van der Waals surface area contributed by atoms with E-state index in [1.165, 1.54) is 0 Å². The predicted octanol–water partition coefficient (Wildman–Crippen LogP) is 4.68. The second kappa shape index (κ2) is 6.04. The van der Waals surface area contributed by atoms with E-state index < -0.39 is 67.1 Å². The highest BCUT2D eigenvalue weighted by atomic mass is 19.4. The van der Waals surface area contributed by atoms with Crippen LogP contribution in [0.4, 0.5) is 57.1 Å². The van der Waals surface area contributed by atoms with Gasteiger partial charge in [0.15, 0.2) is 0 Å². The first kappa shape index (κ1) is 22.6. The predicted molar refractivity (Wildman–Crippen MR) is 54.5 cm³/mol. The summed E-state index contributed by atoms with van der Waals surface area (Å²) in [6, 6.07) is 0. The average Bonchev–Trinajstić information content (AvgIpc) is 2.81. The third-order valence-electron chi connectivity index (χ3n) is 3.55. The highest BCUT2D eigenvalue weighted by Crippen LogP contribution is 2.61. The Labute approximate surface area is 135 Å². The molecule has 0 aromatic rings. The normalized spacial score (nSPS) is 21.1. The molecular formula is C11H7F13O2. The van der Waals surface area contributed by atoms with Gasteiger partial charge in [-0.15, -0.1) is 0 Å². The van der Waals surface area contributed by atoms with Crippen LogP contribution in [-0.4, -0.2) is 48.4 Å². The lowest BCUT2D eigenvalue weighted by atomic mass is 9.88. The molecule has 0 amide bonds. The molecule has 1 fully saturated rings. The van der Waals surface area contributed by atoms with E-state index in [2.05, 4.69) is 4.74 Å². The maximum absolute atomic E-state index is 13.4. The molecule has 1 atom stereocenters. The van der Waals surface area contributed by atoms with Gasteiger partial charge in [-0.1, -0.05) is 0 Å². The molecule has 0 spiro atoms. The monoisotopic (exact) mass is 418 g/mol. The molecule has 154 valence electrons. The second-order valence-corrected chi connectivity index (χ2v) is 5.36. The zero-order valence-corrected chi connectivity index (χ0v) is 11.9. The zero-order chi connectivity index (χ0) is 21.0. The highest BCUT2D eigenvalue weighted by molar-refractivity contribution is 5.74. The van der Waals surface area contributed by atoms with Gasteiger partial charge in [-0.05, 0) is 6.42 Å². The number of ether oxygens (including phenoxy) is 1. The van der Waals surface area contributed by atoms with Crippen LogP contribution in [0.3, 0.4) is 0 Å². The van der Waals surface area contributed by atoms with Crippen molar-refractivity contribution < 1.29 is 66.6 Å². The number of cyclic esters (lactones) is 1. The van der Waals surface area contributed by atoms with Crippen LogP contribution < -0.4 is 0 Å². The maximum Gasteiger partial charge on any atom is 0.460 e. The van der Waals surface area contributed by atoms with Gasteiger partial charge in [0.25, 0.3) is 0 Å². The van der Waals surface area contributed by atoms with Crippen LogP contribution >= 0.6 is 0 Å². The van der Waals surface area contributed by atoms with Crippen molar-refractivity contribution in [1.29, 1.82) is 0 Å². The zero-order valence-electron chi connectivity index (χ0n) is 11.9. The fourth-order valence-electron chi connectivity index (χ4n) is 1.96. The Morgan fingerprint density at radius 3 is 1.50 bits per heavy atom. The topological polar surface area (TPSA) is 26.3 Å². The lowest BCUT2D eigenvalue weighted by molar-refractivity contribution is -0.440. The van der Waals surface area contributed by atoms with Gasteiger partial charge in [0.1, 0.15) is 0 Å². The summed E-state index contributed by atoms with van der Waals surface area (Å²) in [6.45, 7) is -0.593. The number of rotatable bonds is 6. The third kappa shape index (κ3) is 3.06. The van der Waals surface area contributed by atoms with Crippen LogP contribution in [0.5, 0.6) is 0 Å². The first-order valence-corrected chi connectivity index (χ1v) is 6.36. The molecule has 0 aliphatic carbocycles. The number of carbonyl (C=O) groups is 1. The first-order chi connectivity index (χ1) is 11.2. The van der Waals surface area contributed by atoms with E-state index in [1.807, 2.05) is 0 Å². The van der Waals surface area contributed by atoms with Crippen molar-refractivity contribution in [1.82, 2.24) is 0 Å². The van der Waals surface area contributed by atoms with Gasteiger partial charge >= 0.3 is 41.8 Å². The minimum Gasteiger partial charge on any atom is -0.465 e. The van der Waals surface area contributed by atoms with Crippen molar-refractivity contribution in [3.05, 3.63) is 0 Å². The maximum atomic E-state index is 13.4. The number of esters is 1. The number of alkyl halides is 13. The Hall–Kier alpha value is -1.44. The van der Waals surface area contributed by atoms with Gasteiger partial charge < -0.3 is 4.74 Å². The summed E-state index contributed by atoms with van der Waals surface area (Å²) in [5, 5.41) is 0. The summed E-state index contributed by atoms with van der Waals surface area (Å²) in [7, 11) is 0. The molecule has 0 bridgehead atoms. The molecule has 1 aliphatic rings. The van der Waals surface area contributed by atoms with Crippen molar-refractivity contribution in [2.45, 2.75) is 48.6 Å². The summed E-state index contributed by atoms with van der Waals surface area (Å²) in [6.07, 6.45) is -10.7. The van der Waals surface area contributed by atoms with Crippen molar-refractivity contribution >= 4 is 5.97 Å². The van der Waals surface area contributed by atoms with Crippen molar-refractivity contribution in [2.24, 2.45) is 5.92 Å². The molecule has 1 saturated heterocycles. The first-order valence-electron chi connectivity index (χ1n) is 6.36. The summed E-state index contributed by atoms with van der Waals surface area (Å²) in [4.78, 5) is 10.9. The summed E-state index contributed by atoms with van der Waals surface area (Å²) in [5.74, 6) is -40.8. The van der Waals surface area contributed by atoms with Gasteiger partial charge in [-0.2, -0.15) is 57.1 Å². The summed E-state index contributed by atoms with van der Waals surface area (Å²) in [5.41, 5.74) is 0. The van der Waals surface area contributed by atoms with Crippen LogP contribution in [0.25, 0.3) is 0 Å². The molecule has 26 heavy (non-hydrogen) atoms. The Morgan fingerprint density at radius 1 is 0.731 bits per heavy atom. The van der Waals surface area contributed by atoms with Crippen LogP contribution in [0, 0.1) is 5.92 Å². The SMILES string of the molecule is O=C1OCCC1CC(F)(F)C(F)(F)C(F)(F)C(F)(F)C(F)(F)C(F)(F)F. The van der Waals surface area contributed by atoms with Crippen molar-refractivity contribution in [2.75, 3.05) is 6.61 Å². The average molecular weight is 418 g/mol. The van der Waals surface area contributed by atoms with Crippen LogP contribution in [0.2, 0.25) is 0 Å². The minimum absolute atomic E-state index is 0.593. The lowest BCUT2D eigenvalue weighted by Crippen LogP contribution is -2.70. The molecule has 1 aliphatic heterocycles. The Morgan fingerprint density at radius 2 is 1.15 bits per heavy atom. The molecule has 0 aromatic carbocycles. The summed E-state index contributed by atoms with van der Waals surface area (Å²) < 4.78 is 171. The molecule has 1 rings (SSSR count). The fourth-order valence-corrected chi connectivity index (χ4v) is 1.96. The van der Waals surface area contributed by atoms with Crippen LogP contribution in [-0.2, 0) is 9.53 Å². The van der Waals surface area contributed by atoms with E-state index >= 15 is 0 Å². The third-order valence-corrected chi connectivity index (χ3v) is 3.55. The van der Waals surface area contributed by atoms with Crippen molar-refractivity contribution in [3.63, 3.8) is 0 Å². The largest absolute Gasteiger partial charge is 0.465 e. The minimum atomic E-state index is -7.93. The Balaban J connectivity index is 3.31. The molecule has 1 unspecified atom stereocenters. The van der Waals surface area contributed by atoms with E-state index in [-0.39, 0.29) is 0 Å². The van der Waals surface area contributed by atoms with E-state index in [0.29, 0.717) is 0 Å². The molecule has 1 heterocycles. The summed E-state index contributed by atoms with van der Waals surface area (Å²) >= 11 is 0. The number of halogens is 13. The fraction of sp³-hybridized carbons (Fsp3) is 0.909. The second-order valence-electron chi connectivity index (χ2n) is 5.36. The molecular weight excluding hydrogens is 411 g/mol. The van der Waals surface area contributed by atoms with Crippen molar-refractivity contribution in [3.8, 4) is 0 Å². The quantitative estimate of drug-likeness (QED) is 0.463. The van der Waals surface area contributed by atoms with E-state index in [0.717, 1.165) is 0 Å². The Kier molecular flexibility index (Phi) is 5.25. The van der Waals surface area contributed by atoms with E-state index in [4.69, 9.17) is 0 Å². The molecule has 0 N–H and O–H groups in total. The molecule has 2 nitrogen and oxygen atoms in total. The van der Waals surface area contributed by atoms with Gasteiger partial charge in [-0.25, -0.2) is 0 Å². The number of carbonyl (C=O) groups excluding carboxylic acids is 1. The van der Waals surface area contributed by atoms with Crippen LogP contribution in [0.15, 0.2) is 0 Å². The van der Waals surface area contributed by atoms with Crippen LogP contribution in [0.1, 0.15) is 12.8 Å². The molecule has 15 heteroatoms. The molecule has 0 radical (unpaired) electrons. The molecule has 0 aromatic heterocycles. The van der Waals surface area contributed by atoms with Gasteiger partial charge in [-0.3, -0.25) is 4.79 Å². The number of hydrogen-bond acceptors (Lipinski definition) is 2.